The Balaban J connectivity index is 0.853. The van der Waals surface area contributed by atoms with Crippen molar-refractivity contribution in [1.82, 2.24) is 39.6 Å². The van der Waals surface area contributed by atoms with Gasteiger partial charge in [0.1, 0.15) is 22.9 Å². The van der Waals surface area contributed by atoms with Crippen molar-refractivity contribution >= 4 is 46.5 Å². The number of hydrogen-bond donors (Lipinski definition) is 2. The lowest BCUT2D eigenvalue weighted by Crippen LogP contribution is -2.52. The van der Waals surface area contributed by atoms with Crippen LogP contribution in [0.2, 0.25) is 0 Å². The van der Waals surface area contributed by atoms with Crippen molar-refractivity contribution in [1.29, 1.82) is 0 Å². The number of aldehydes is 1. The summed E-state index contributed by atoms with van der Waals surface area (Å²) in [5, 5.41) is 6.21. The van der Waals surface area contributed by atoms with Gasteiger partial charge in [-0.15, -0.1) is 0 Å². The number of rotatable bonds is 11. The van der Waals surface area contributed by atoms with Crippen LogP contribution in [0.15, 0.2) is 54.9 Å². The Kier molecular flexibility index (Phi) is 10.5. The van der Waals surface area contributed by atoms with Gasteiger partial charge in [0.15, 0.2) is 17.9 Å². The predicted octanol–water partition coefficient (Wildman–Crippen LogP) is 5.74. The van der Waals surface area contributed by atoms with E-state index in [2.05, 4.69) is 53.5 Å². The second-order valence-electron chi connectivity index (χ2n) is 15.6. The number of carbonyl (C=O) groups excluding carboxylic acids is 3. The molecule has 2 aromatic carbocycles. The smallest absolute Gasteiger partial charge is 0.254 e. The molecule has 6 heterocycles. The summed E-state index contributed by atoms with van der Waals surface area (Å²) in [6, 6.07) is 12.9. The molecule has 3 aliphatic heterocycles. The van der Waals surface area contributed by atoms with Gasteiger partial charge in [0.05, 0.1) is 29.6 Å². The molecule has 3 aliphatic rings. The maximum absolute atomic E-state index is 15.2. The van der Waals surface area contributed by atoms with Crippen molar-refractivity contribution in [3.63, 3.8) is 0 Å². The van der Waals surface area contributed by atoms with E-state index in [1.807, 2.05) is 54.5 Å². The topological polar surface area (TPSA) is 141 Å². The average molecular weight is 777 g/mol. The first-order chi connectivity index (χ1) is 27.5. The molecular weight excluding hydrogens is 731 g/mol. The molecular formula is C42H46F2N10O3. The van der Waals surface area contributed by atoms with Gasteiger partial charge in [-0.3, -0.25) is 19.3 Å². The Bertz CT molecular complexity index is 2330. The number of imidazole rings is 1. The van der Waals surface area contributed by atoms with E-state index in [0.717, 1.165) is 61.1 Å². The highest BCUT2D eigenvalue weighted by molar-refractivity contribution is 6.27. The van der Waals surface area contributed by atoms with Gasteiger partial charge in [0.2, 0.25) is 11.7 Å². The monoisotopic (exact) mass is 776 g/mol. The Morgan fingerprint density at radius 3 is 2.53 bits per heavy atom. The molecule has 5 aromatic rings. The molecule has 57 heavy (non-hydrogen) atoms. The summed E-state index contributed by atoms with van der Waals surface area (Å²) in [5.41, 5.74) is 5.01. The number of nitrogens with one attached hydrogen (secondary N) is 2. The van der Waals surface area contributed by atoms with E-state index < -0.39 is 23.5 Å². The average Bonchev–Trinajstić information content (AvgIpc) is 3.74. The van der Waals surface area contributed by atoms with E-state index in [1.165, 1.54) is 6.07 Å². The standard InChI is InChI=1S/C42H46F2N10O3/c1-24(2)54-25(3)48-40-33(43)16-27(17-36(40)54)39-34(44)20-47-42(50-39)49-38-10-7-30(18-46-38)52-13-11-29(12-14-52)51(4)21-26-5-8-32-28(15-26)22-53(41(32)57)31-6-9-35(45-19-31)37(56)23-55/h5,7-8,10,15-18,20,23-24,29,31,35,45H,6,9,11-14,19,21-22H2,1-4H3,(H,46,47,49,50). The maximum Gasteiger partial charge on any atom is 0.254 e. The Hall–Kier alpha value is -5.67. The van der Waals surface area contributed by atoms with E-state index in [-0.39, 0.29) is 35.1 Å². The number of pyridine rings is 1. The van der Waals surface area contributed by atoms with Gasteiger partial charge in [-0.1, -0.05) is 12.1 Å². The lowest BCUT2D eigenvalue weighted by Gasteiger charge is -2.37. The van der Waals surface area contributed by atoms with E-state index >= 15 is 8.78 Å². The van der Waals surface area contributed by atoms with Gasteiger partial charge < -0.3 is 25.0 Å². The minimum atomic E-state index is -0.666. The number of anilines is 3. The lowest BCUT2D eigenvalue weighted by molar-refractivity contribution is -0.131. The maximum atomic E-state index is 15.2. The van der Waals surface area contributed by atoms with Gasteiger partial charge >= 0.3 is 0 Å². The third-order valence-corrected chi connectivity index (χ3v) is 11.6. The molecule has 0 radical (unpaired) electrons. The van der Waals surface area contributed by atoms with E-state index in [0.29, 0.717) is 61.0 Å². The van der Waals surface area contributed by atoms with E-state index in [4.69, 9.17) is 0 Å². The highest BCUT2D eigenvalue weighted by Gasteiger charge is 2.36. The molecule has 15 heteroatoms. The zero-order valence-electron chi connectivity index (χ0n) is 32.5. The fourth-order valence-corrected chi connectivity index (χ4v) is 8.65. The molecule has 0 aliphatic carbocycles. The number of Topliss-reactive ketones (excluding diaryl/α,β-unsaturated/α-hetero) is 1. The molecule has 0 spiro atoms. The number of hydrogen-bond acceptors (Lipinski definition) is 11. The van der Waals surface area contributed by atoms with Crippen molar-refractivity contribution in [3.05, 3.63) is 89.0 Å². The number of carbonyl (C=O) groups is 3. The van der Waals surface area contributed by atoms with Crippen molar-refractivity contribution in [2.24, 2.45) is 0 Å². The van der Waals surface area contributed by atoms with Crippen LogP contribution in [0.1, 0.15) is 72.9 Å². The first-order valence-corrected chi connectivity index (χ1v) is 19.5. The van der Waals surface area contributed by atoms with Crippen molar-refractivity contribution in [3.8, 4) is 11.3 Å². The Labute approximate surface area is 329 Å². The molecule has 8 rings (SSSR count). The normalized spacial score (nSPS) is 18.8. The Morgan fingerprint density at radius 2 is 1.82 bits per heavy atom. The number of halogens is 2. The number of benzene rings is 2. The zero-order chi connectivity index (χ0) is 40.0. The van der Waals surface area contributed by atoms with Crippen LogP contribution in [0.3, 0.4) is 0 Å². The first kappa shape index (κ1) is 38.2. The largest absolute Gasteiger partial charge is 0.370 e. The molecule has 2 saturated heterocycles. The third kappa shape index (κ3) is 7.61. The van der Waals surface area contributed by atoms with Crippen LogP contribution in [-0.2, 0) is 22.7 Å². The van der Waals surface area contributed by atoms with Gasteiger partial charge in [-0.2, -0.15) is 0 Å². The van der Waals surface area contributed by atoms with E-state index in [1.54, 1.807) is 12.3 Å². The molecule has 296 valence electrons. The van der Waals surface area contributed by atoms with Gasteiger partial charge in [0, 0.05) is 62.0 Å². The number of ketones is 1. The summed E-state index contributed by atoms with van der Waals surface area (Å²) in [7, 11) is 2.15. The molecule has 0 saturated carbocycles. The van der Waals surface area contributed by atoms with Crippen LogP contribution in [0.25, 0.3) is 22.3 Å². The minimum Gasteiger partial charge on any atom is -0.370 e. The molecule has 13 nitrogen and oxygen atoms in total. The summed E-state index contributed by atoms with van der Waals surface area (Å²) in [6.07, 6.45) is 6.43. The van der Waals surface area contributed by atoms with Crippen LogP contribution in [0.5, 0.6) is 0 Å². The SMILES string of the molecule is Cc1nc2c(F)cc(-c3nc(Nc4ccc(N5CCC(N(C)Cc6ccc7c(c6)CN(C6CCC(C(=O)C=O)NC6)C7=O)CC5)cn4)ncc3F)cc2n1C(C)C. The second kappa shape index (κ2) is 15.7. The summed E-state index contributed by atoms with van der Waals surface area (Å²) >= 11 is 0. The van der Waals surface area contributed by atoms with Gasteiger partial charge in [-0.05, 0) is 95.0 Å². The fraction of sp³-hybridized carbons (Fsp3) is 0.405. The van der Waals surface area contributed by atoms with Crippen molar-refractivity contribution in [2.45, 2.75) is 83.7 Å². The predicted molar refractivity (Wildman–Crippen MR) is 212 cm³/mol. The Morgan fingerprint density at radius 1 is 1.02 bits per heavy atom. The summed E-state index contributed by atoms with van der Waals surface area (Å²) in [5.74, 6) is -0.309. The zero-order valence-corrected chi connectivity index (χ0v) is 32.5. The molecule has 1 amide bonds. The molecule has 3 aromatic heterocycles. The molecule has 0 bridgehead atoms. The summed E-state index contributed by atoms with van der Waals surface area (Å²) < 4.78 is 32.1. The van der Waals surface area contributed by atoms with Gasteiger partial charge in [-0.25, -0.2) is 28.7 Å². The number of fused-ring (bicyclic) bond motifs is 2. The quantitative estimate of drug-likeness (QED) is 0.125. The van der Waals surface area contributed by atoms with Crippen LogP contribution >= 0.6 is 0 Å². The first-order valence-electron chi connectivity index (χ1n) is 19.5. The number of aromatic nitrogens is 5. The number of piperidine rings is 2. The fourth-order valence-electron chi connectivity index (χ4n) is 8.65. The second-order valence-corrected chi connectivity index (χ2v) is 15.6. The minimum absolute atomic E-state index is 0.0110. The molecule has 2 unspecified atom stereocenters. The third-order valence-electron chi connectivity index (χ3n) is 11.6. The lowest BCUT2D eigenvalue weighted by atomic mass is 9.97. The van der Waals surface area contributed by atoms with Crippen molar-refractivity contribution in [2.75, 3.05) is 36.9 Å². The number of nitrogens with zero attached hydrogens (tertiary/aromatic N) is 8. The number of amides is 1. The summed E-state index contributed by atoms with van der Waals surface area (Å²) in [6.45, 7) is 9.35. The highest BCUT2D eigenvalue weighted by Crippen LogP contribution is 2.32. The van der Waals surface area contributed by atoms with E-state index in [9.17, 15) is 14.4 Å². The molecule has 2 atom stereocenters. The summed E-state index contributed by atoms with van der Waals surface area (Å²) in [4.78, 5) is 60.0. The van der Waals surface area contributed by atoms with Crippen LogP contribution in [0, 0.1) is 18.6 Å². The highest BCUT2D eigenvalue weighted by atomic mass is 19.1. The van der Waals surface area contributed by atoms with Crippen LogP contribution < -0.4 is 15.5 Å². The molecule has 2 fully saturated rings. The number of aryl methyl sites for hydroxylation is 1. The van der Waals surface area contributed by atoms with Crippen molar-refractivity contribution < 1.29 is 23.2 Å². The van der Waals surface area contributed by atoms with Crippen LogP contribution in [-0.4, -0.2) is 97.1 Å². The molecule has 2 N–H and O–H groups in total. The van der Waals surface area contributed by atoms with Crippen LogP contribution in [0.4, 0.5) is 26.2 Å². The van der Waals surface area contributed by atoms with Gasteiger partial charge in [0.25, 0.3) is 5.91 Å².